The van der Waals surface area contributed by atoms with Gasteiger partial charge in [-0.25, -0.2) is 9.48 Å². The van der Waals surface area contributed by atoms with Crippen molar-refractivity contribution < 1.29 is 19.4 Å². The van der Waals surface area contributed by atoms with Crippen LogP contribution in [0.15, 0.2) is 109 Å². The molecule has 5 rings (SSSR count). The molecule has 0 atom stereocenters. The number of aliphatic carboxylic acids is 1. The predicted molar refractivity (Wildman–Crippen MR) is 202 cm³/mol. The summed E-state index contributed by atoms with van der Waals surface area (Å²) in [6.45, 7) is 5.23. The third-order valence-corrected chi connectivity index (χ3v) is 8.44. The van der Waals surface area contributed by atoms with Crippen LogP contribution < -0.4 is 14.4 Å². The predicted octanol–water partition coefficient (Wildman–Crippen LogP) is 10.3. The number of hydrogen-bond acceptors (Lipinski definition) is 7. The quantitative estimate of drug-likeness (QED) is 0.0520. The summed E-state index contributed by atoms with van der Waals surface area (Å²) >= 11 is 0. The van der Waals surface area contributed by atoms with Gasteiger partial charge in [-0.2, -0.15) is 5.26 Å². The van der Waals surface area contributed by atoms with Gasteiger partial charge in [-0.15, -0.1) is 5.10 Å². The van der Waals surface area contributed by atoms with Crippen molar-refractivity contribution in [2.24, 2.45) is 0 Å². The van der Waals surface area contributed by atoms with Gasteiger partial charge < -0.3 is 19.5 Å². The Morgan fingerprint density at radius 2 is 1.35 bits per heavy atom. The molecule has 0 amide bonds. The highest BCUT2D eigenvalue weighted by Crippen LogP contribution is 2.37. The number of carbonyl (C=O) groups is 1. The molecule has 1 heterocycles. The Labute approximate surface area is 300 Å². The van der Waals surface area contributed by atoms with E-state index in [4.69, 9.17) is 9.47 Å². The van der Waals surface area contributed by atoms with Crippen LogP contribution in [0.5, 0.6) is 11.5 Å². The lowest BCUT2D eigenvalue weighted by Gasteiger charge is -2.25. The third kappa shape index (κ3) is 9.86. The number of nitriles is 1. The molecule has 0 aliphatic heterocycles. The average molecular weight is 684 g/mol. The SMILES string of the molecule is CCCCCCOc1cc(-n2cc(-c3ccc(N(c4ccccc4)c4ccccc4)cc3)nn2)c(OCCCCCC)cc1/C=C(\C#N)C(=O)O. The maximum absolute atomic E-state index is 11.8. The van der Waals surface area contributed by atoms with E-state index < -0.39 is 11.5 Å². The monoisotopic (exact) mass is 683 g/mol. The molecule has 5 aromatic rings. The topological polar surface area (TPSA) is 113 Å². The number of ether oxygens (including phenoxy) is 2. The van der Waals surface area contributed by atoms with Crippen LogP contribution >= 0.6 is 0 Å². The lowest BCUT2D eigenvalue weighted by molar-refractivity contribution is -0.132. The molecule has 0 radical (unpaired) electrons. The lowest BCUT2D eigenvalue weighted by Crippen LogP contribution is -2.09. The zero-order valence-corrected chi connectivity index (χ0v) is 29.4. The van der Waals surface area contributed by atoms with Crippen molar-refractivity contribution in [3.63, 3.8) is 0 Å². The number of aromatic nitrogens is 3. The van der Waals surface area contributed by atoms with Crippen LogP contribution in [0, 0.1) is 11.3 Å². The number of carboxylic acid groups (broad SMARTS) is 1. The zero-order valence-electron chi connectivity index (χ0n) is 29.4. The highest BCUT2D eigenvalue weighted by molar-refractivity contribution is 5.97. The Bertz CT molecular complexity index is 1880. The van der Waals surface area contributed by atoms with E-state index in [9.17, 15) is 15.2 Å². The smallest absolute Gasteiger partial charge is 0.346 e. The number of anilines is 3. The number of para-hydroxylation sites is 2. The summed E-state index contributed by atoms with van der Waals surface area (Å²) < 4.78 is 14.2. The third-order valence-electron chi connectivity index (χ3n) is 8.44. The van der Waals surface area contributed by atoms with Crippen LogP contribution in [0.4, 0.5) is 17.1 Å². The van der Waals surface area contributed by atoms with Crippen LogP contribution in [0.2, 0.25) is 0 Å². The number of nitrogens with zero attached hydrogens (tertiary/aromatic N) is 5. The van der Waals surface area contributed by atoms with Crippen molar-refractivity contribution in [3.8, 4) is 34.5 Å². The van der Waals surface area contributed by atoms with Crippen molar-refractivity contribution >= 4 is 29.1 Å². The van der Waals surface area contributed by atoms with E-state index >= 15 is 0 Å². The van der Waals surface area contributed by atoms with Crippen LogP contribution in [0.1, 0.15) is 70.8 Å². The summed E-state index contributed by atoms with van der Waals surface area (Å²) in [5.74, 6) is -0.371. The van der Waals surface area contributed by atoms with E-state index in [1.807, 2.05) is 54.7 Å². The zero-order chi connectivity index (χ0) is 35.8. The maximum Gasteiger partial charge on any atom is 0.346 e. The van der Waals surface area contributed by atoms with E-state index in [1.54, 1.807) is 22.9 Å². The molecule has 0 aliphatic carbocycles. The van der Waals surface area contributed by atoms with E-state index in [1.165, 1.54) is 6.08 Å². The first-order valence-corrected chi connectivity index (χ1v) is 17.7. The lowest BCUT2D eigenvalue weighted by atomic mass is 10.1. The molecule has 0 saturated heterocycles. The fraction of sp³-hybridized carbons (Fsp3) is 0.286. The normalized spacial score (nSPS) is 11.2. The van der Waals surface area contributed by atoms with Crippen molar-refractivity contribution in [1.29, 1.82) is 5.26 Å². The van der Waals surface area contributed by atoms with Crippen molar-refractivity contribution in [1.82, 2.24) is 15.0 Å². The second kappa shape index (κ2) is 18.8. The first-order valence-electron chi connectivity index (χ1n) is 17.7. The Balaban J connectivity index is 1.49. The number of rotatable bonds is 19. The van der Waals surface area contributed by atoms with E-state index in [0.29, 0.717) is 41.7 Å². The molecular formula is C42H45N5O4. The van der Waals surface area contributed by atoms with Gasteiger partial charge in [0.1, 0.15) is 34.5 Å². The van der Waals surface area contributed by atoms with Gasteiger partial charge in [0.15, 0.2) is 0 Å². The minimum Gasteiger partial charge on any atom is -0.493 e. The Kier molecular flexibility index (Phi) is 13.4. The summed E-state index contributed by atoms with van der Waals surface area (Å²) in [5.41, 5.74) is 5.34. The van der Waals surface area contributed by atoms with Crippen molar-refractivity contribution in [3.05, 3.63) is 114 Å². The fourth-order valence-corrected chi connectivity index (χ4v) is 5.71. The van der Waals surface area contributed by atoms with Crippen LogP contribution in [0.3, 0.4) is 0 Å². The Morgan fingerprint density at radius 1 is 0.784 bits per heavy atom. The van der Waals surface area contributed by atoms with Crippen molar-refractivity contribution in [2.45, 2.75) is 65.2 Å². The van der Waals surface area contributed by atoms with E-state index in [-0.39, 0.29) is 0 Å². The van der Waals surface area contributed by atoms with Gasteiger partial charge in [0.2, 0.25) is 0 Å². The minimum atomic E-state index is -1.31. The fourth-order valence-electron chi connectivity index (χ4n) is 5.71. The number of carboxylic acids is 1. The van der Waals surface area contributed by atoms with Gasteiger partial charge in [-0.3, -0.25) is 0 Å². The van der Waals surface area contributed by atoms with Crippen molar-refractivity contribution in [2.75, 3.05) is 18.1 Å². The molecule has 0 aliphatic rings. The summed E-state index contributed by atoms with van der Waals surface area (Å²) in [6.07, 6.45) is 11.4. The highest BCUT2D eigenvalue weighted by atomic mass is 16.5. The molecule has 1 N–H and O–H groups in total. The molecule has 0 saturated carbocycles. The molecule has 0 fully saturated rings. The van der Waals surface area contributed by atoms with Gasteiger partial charge in [0.25, 0.3) is 0 Å². The minimum absolute atomic E-state index is 0.392. The Morgan fingerprint density at radius 3 is 1.90 bits per heavy atom. The Hall–Kier alpha value is -5.88. The molecular weight excluding hydrogens is 638 g/mol. The molecule has 51 heavy (non-hydrogen) atoms. The van der Waals surface area contributed by atoms with Gasteiger partial charge >= 0.3 is 5.97 Å². The first kappa shape index (κ1) is 36.4. The molecule has 0 spiro atoms. The number of hydrogen-bond donors (Lipinski definition) is 1. The second-order valence-electron chi connectivity index (χ2n) is 12.3. The molecule has 0 unspecified atom stereocenters. The highest BCUT2D eigenvalue weighted by Gasteiger charge is 2.18. The van der Waals surface area contributed by atoms with Gasteiger partial charge in [0.05, 0.1) is 19.4 Å². The molecule has 9 heteroatoms. The molecule has 9 nitrogen and oxygen atoms in total. The average Bonchev–Trinajstić information content (AvgIpc) is 3.65. The van der Waals surface area contributed by atoms with E-state index in [2.05, 4.69) is 65.5 Å². The maximum atomic E-state index is 11.8. The molecule has 1 aromatic heterocycles. The largest absolute Gasteiger partial charge is 0.493 e. The summed E-state index contributed by atoms with van der Waals surface area (Å²) in [4.78, 5) is 14.0. The van der Waals surface area contributed by atoms with Crippen LogP contribution in [0.25, 0.3) is 23.0 Å². The first-order chi connectivity index (χ1) is 25.0. The second-order valence-corrected chi connectivity index (χ2v) is 12.3. The van der Waals surface area contributed by atoms with Crippen LogP contribution in [-0.4, -0.2) is 39.3 Å². The van der Waals surface area contributed by atoms with Gasteiger partial charge in [0, 0.05) is 34.3 Å². The summed E-state index contributed by atoms with van der Waals surface area (Å²) in [5, 5.41) is 28.1. The van der Waals surface area contributed by atoms with E-state index in [0.717, 1.165) is 74.0 Å². The number of unbranched alkanes of at least 4 members (excludes halogenated alkanes) is 6. The number of benzene rings is 4. The van der Waals surface area contributed by atoms with Crippen LogP contribution in [-0.2, 0) is 4.79 Å². The van der Waals surface area contributed by atoms with Gasteiger partial charge in [-0.05, 0) is 61.4 Å². The summed E-state index contributed by atoms with van der Waals surface area (Å²) in [7, 11) is 0. The summed E-state index contributed by atoms with van der Waals surface area (Å²) in [6, 6.07) is 34.0. The molecule has 4 aromatic carbocycles. The standard InChI is InChI=1S/C42H45N5O4/c1-3-5-7-15-25-50-40-29-39(41(51-26-16-8-6-4-2)28-33(40)27-34(30-43)42(48)49)46-31-38(44-45-46)32-21-23-37(24-22-32)47(35-17-11-9-12-18-35)36-19-13-10-14-20-36/h9-14,17-24,27-29,31H,3-8,15-16,25-26H2,1-2H3,(H,48,49)/b34-27+. The molecule has 262 valence electrons. The molecule has 0 bridgehead atoms. The van der Waals surface area contributed by atoms with Gasteiger partial charge in [-0.1, -0.05) is 106 Å².